The van der Waals surface area contributed by atoms with Crippen LogP contribution in [0.4, 0.5) is 5.95 Å². The third-order valence-corrected chi connectivity index (χ3v) is 5.77. The summed E-state index contributed by atoms with van der Waals surface area (Å²) in [6.07, 6.45) is 0. The Labute approximate surface area is 110 Å². The lowest BCUT2D eigenvalue weighted by molar-refractivity contribution is 0.602. The van der Waals surface area contributed by atoms with E-state index < -0.39 is 10.0 Å². The molecule has 0 atom stereocenters. The maximum atomic E-state index is 11.9. The van der Waals surface area contributed by atoms with Crippen LogP contribution in [0.25, 0.3) is 0 Å². The van der Waals surface area contributed by atoms with Crippen molar-refractivity contribution in [2.24, 2.45) is 7.05 Å². The molecule has 92 valence electrons. The standard InChI is InChI=1S/C7H8BrN5O2S2/c1-4-3-5(16-6(4)8)17(14,15)11-7-9-12-13(2)10-7/h3H,1-2H3,(H,10,11). The van der Waals surface area contributed by atoms with Crippen LogP contribution in [-0.2, 0) is 17.1 Å². The third-order valence-electron chi connectivity index (χ3n) is 1.83. The van der Waals surface area contributed by atoms with Gasteiger partial charge in [-0.3, -0.25) is 0 Å². The number of rotatable bonds is 3. The molecular weight excluding hydrogens is 330 g/mol. The molecule has 10 heteroatoms. The Kier molecular flexibility index (Phi) is 3.19. The van der Waals surface area contributed by atoms with E-state index >= 15 is 0 Å². The predicted octanol–water partition coefficient (Wildman–Crippen LogP) is 1.14. The lowest BCUT2D eigenvalue weighted by Gasteiger charge is -1.99. The maximum Gasteiger partial charge on any atom is 0.277 e. The fraction of sp³-hybridized carbons (Fsp3) is 0.286. The van der Waals surface area contributed by atoms with Gasteiger partial charge in [-0.15, -0.1) is 16.4 Å². The molecule has 17 heavy (non-hydrogen) atoms. The first-order chi connectivity index (χ1) is 7.88. The van der Waals surface area contributed by atoms with Gasteiger partial charge in [0.25, 0.3) is 16.0 Å². The molecule has 0 saturated carbocycles. The summed E-state index contributed by atoms with van der Waals surface area (Å²) in [5.74, 6) is -0.0466. The normalized spacial score (nSPS) is 11.7. The van der Waals surface area contributed by atoms with E-state index in [1.54, 1.807) is 13.1 Å². The quantitative estimate of drug-likeness (QED) is 0.907. The summed E-state index contributed by atoms with van der Waals surface area (Å²) in [4.78, 5) is 1.17. The van der Waals surface area contributed by atoms with Gasteiger partial charge in [0.15, 0.2) is 0 Å². The lowest BCUT2D eigenvalue weighted by atomic mass is 10.4. The Morgan fingerprint density at radius 1 is 1.53 bits per heavy atom. The van der Waals surface area contributed by atoms with Crippen molar-refractivity contribution in [2.45, 2.75) is 11.1 Å². The van der Waals surface area contributed by atoms with E-state index in [1.807, 2.05) is 6.92 Å². The molecule has 0 radical (unpaired) electrons. The third kappa shape index (κ3) is 2.64. The highest BCUT2D eigenvalue weighted by Gasteiger charge is 2.20. The van der Waals surface area contributed by atoms with E-state index in [2.05, 4.69) is 36.1 Å². The van der Waals surface area contributed by atoms with E-state index in [-0.39, 0.29) is 10.2 Å². The van der Waals surface area contributed by atoms with Gasteiger partial charge in [0, 0.05) is 0 Å². The van der Waals surface area contributed by atoms with Gasteiger partial charge in [0.2, 0.25) is 0 Å². The molecule has 0 aliphatic heterocycles. The Morgan fingerprint density at radius 2 is 2.24 bits per heavy atom. The minimum absolute atomic E-state index is 0.0466. The number of halogens is 1. The van der Waals surface area contributed by atoms with Crippen molar-refractivity contribution in [3.05, 3.63) is 15.4 Å². The fourth-order valence-electron chi connectivity index (χ4n) is 1.06. The van der Waals surface area contributed by atoms with E-state index in [9.17, 15) is 8.42 Å². The average molecular weight is 338 g/mol. The Balaban J connectivity index is 2.31. The molecular formula is C7H8BrN5O2S2. The number of thiophene rings is 1. The molecule has 0 aliphatic rings. The zero-order valence-electron chi connectivity index (χ0n) is 8.88. The molecule has 0 aliphatic carbocycles. The van der Waals surface area contributed by atoms with Crippen LogP contribution in [-0.4, -0.2) is 28.6 Å². The second-order valence-corrected chi connectivity index (χ2v) is 7.51. The van der Waals surface area contributed by atoms with Gasteiger partial charge in [-0.05, 0) is 39.7 Å². The Bertz CT molecular complexity index is 628. The van der Waals surface area contributed by atoms with Gasteiger partial charge in [0.1, 0.15) is 4.21 Å². The van der Waals surface area contributed by atoms with Gasteiger partial charge in [-0.25, -0.2) is 13.1 Å². The lowest BCUT2D eigenvalue weighted by Crippen LogP contribution is -2.12. The number of nitrogens with one attached hydrogen (secondary N) is 1. The highest BCUT2D eigenvalue weighted by Crippen LogP contribution is 2.31. The summed E-state index contributed by atoms with van der Waals surface area (Å²) in [5.41, 5.74) is 0.863. The molecule has 2 aromatic rings. The first-order valence-electron chi connectivity index (χ1n) is 4.41. The topological polar surface area (TPSA) is 89.8 Å². The summed E-state index contributed by atoms with van der Waals surface area (Å²) >= 11 is 4.41. The van der Waals surface area contributed by atoms with Crippen LogP contribution in [0.3, 0.4) is 0 Å². The fourth-order valence-corrected chi connectivity index (χ4v) is 4.22. The molecule has 0 amide bonds. The van der Waals surface area contributed by atoms with E-state index in [0.29, 0.717) is 0 Å². The zero-order valence-corrected chi connectivity index (χ0v) is 12.1. The van der Waals surface area contributed by atoms with E-state index in [0.717, 1.165) is 20.7 Å². The first-order valence-corrected chi connectivity index (χ1v) is 7.50. The molecule has 2 aromatic heterocycles. The van der Waals surface area contributed by atoms with Crippen molar-refractivity contribution < 1.29 is 8.42 Å². The maximum absolute atomic E-state index is 11.9. The molecule has 2 rings (SSSR count). The smallest absolute Gasteiger partial charge is 0.244 e. The van der Waals surface area contributed by atoms with Crippen molar-refractivity contribution in [3.8, 4) is 0 Å². The summed E-state index contributed by atoms with van der Waals surface area (Å²) in [6, 6.07) is 1.58. The summed E-state index contributed by atoms with van der Waals surface area (Å²) < 4.78 is 27.1. The van der Waals surface area contributed by atoms with Crippen LogP contribution in [0.15, 0.2) is 14.1 Å². The SMILES string of the molecule is Cc1cc(S(=O)(=O)Nc2nnn(C)n2)sc1Br. The van der Waals surface area contributed by atoms with Crippen molar-refractivity contribution in [3.63, 3.8) is 0 Å². The van der Waals surface area contributed by atoms with Crippen LogP contribution < -0.4 is 4.72 Å². The number of tetrazole rings is 1. The molecule has 0 spiro atoms. The largest absolute Gasteiger partial charge is 0.277 e. The number of nitrogens with zero attached hydrogens (tertiary/aromatic N) is 4. The predicted molar refractivity (Wildman–Crippen MR) is 66.4 cm³/mol. The highest BCUT2D eigenvalue weighted by atomic mass is 79.9. The summed E-state index contributed by atoms with van der Waals surface area (Å²) in [6.45, 7) is 1.82. The molecule has 0 bridgehead atoms. The average Bonchev–Trinajstić information content (AvgIpc) is 2.75. The minimum Gasteiger partial charge on any atom is -0.244 e. The van der Waals surface area contributed by atoms with Gasteiger partial charge in [-0.1, -0.05) is 5.10 Å². The van der Waals surface area contributed by atoms with Crippen molar-refractivity contribution in [1.82, 2.24) is 20.2 Å². The van der Waals surface area contributed by atoms with Crippen molar-refractivity contribution in [2.75, 3.05) is 4.72 Å². The molecule has 7 nitrogen and oxygen atoms in total. The summed E-state index contributed by atoms with van der Waals surface area (Å²) in [7, 11) is -2.09. The molecule has 0 saturated heterocycles. The second-order valence-electron chi connectivity index (χ2n) is 3.23. The van der Waals surface area contributed by atoms with Crippen LogP contribution in [0.5, 0.6) is 0 Å². The molecule has 0 aromatic carbocycles. The Hall–Kier alpha value is -1.00. The molecule has 1 N–H and O–H groups in total. The van der Waals surface area contributed by atoms with E-state index in [1.165, 1.54) is 4.80 Å². The van der Waals surface area contributed by atoms with E-state index in [4.69, 9.17) is 0 Å². The van der Waals surface area contributed by atoms with Crippen molar-refractivity contribution >= 4 is 43.2 Å². The number of hydrogen-bond acceptors (Lipinski definition) is 6. The molecule has 2 heterocycles. The minimum atomic E-state index is -3.64. The van der Waals surface area contributed by atoms with Gasteiger partial charge in [0.05, 0.1) is 10.8 Å². The second kappa shape index (κ2) is 4.35. The number of aromatic nitrogens is 4. The number of anilines is 1. The zero-order chi connectivity index (χ0) is 12.6. The molecule has 0 unspecified atom stereocenters. The number of sulfonamides is 1. The molecule has 0 fully saturated rings. The van der Waals surface area contributed by atoms with Gasteiger partial charge >= 0.3 is 0 Å². The monoisotopic (exact) mass is 337 g/mol. The van der Waals surface area contributed by atoms with Crippen LogP contribution >= 0.6 is 27.3 Å². The van der Waals surface area contributed by atoms with Crippen molar-refractivity contribution in [1.29, 1.82) is 0 Å². The highest BCUT2D eigenvalue weighted by molar-refractivity contribution is 9.11. The number of hydrogen-bond donors (Lipinski definition) is 1. The Morgan fingerprint density at radius 3 is 2.71 bits per heavy atom. The first kappa shape index (κ1) is 12.5. The number of aryl methyl sites for hydroxylation is 2. The summed E-state index contributed by atoms with van der Waals surface area (Å²) in [5, 5.41) is 10.8. The van der Waals surface area contributed by atoms with Gasteiger partial charge < -0.3 is 0 Å². The van der Waals surface area contributed by atoms with Crippen LogP contribution in [0.1, 0.15) is 5.56 Å². The van der Waals surface area contributed by atoms with Crippen LogP contribution in [0.2, 0.25) is 0 Å². The van der Waals surface area contributed by atoms with Crippen LogP contribution in [0, 0.1) is 6.92 Å². The van der Waals surface area contributed by atoms with Gasteiger partial charge in [-0.2, -0.15) is 4.80 Å².